The van der Waals surface area contributed by atoms with E-state index in [1.165, 1.54) is 6.07 Å². The predicted molar refractivity (Wildman–Crippen MR) is 115 cm³/mol. The summed E-state index contributed by atoms with van der Waals surface area (Å²) in [6.45, 7) is 10.1. The van der Waals surface area contributed by atoms with Crippen LogP contribution in [0.3, 0.4) is 0 Å². The fraction of sp³-hybridized carbons (Fsp3) is 0.364. The molecule has 1 aromatic heterocycles. The lowest BCUT2D eigenvalue weighted by Crippen LogP contribution is -2.27. The van der Waals surface area contributed by atoms with Crippen LogP contribution in [-0.2, 0) is 0 Å². The topological polar surface area (TPSA) is 70.5 Å². The van der Waals surface area contributed by atoms with Crippen LogP contribution in [0.15, 0.2) is 48.5 Å². The first-order chi connectivity index (χ1) is 14.0. The number of hydrogen-bond donors (Lipinski definition) is 2. The molecule has 1 unspecified atom stereocenters. The van der Waals surface area contributed by atoms with Crippen molar-refractivity contribution in [2.24, 2.45) is 0 Å². The molecule has 0 fully saturated rings. The molecule has 0 radical (unpaired) electrons. The maximum Gasteiger partial charge on any atom is 0.224 e. The standard InChI is InChI=1S/C20H23FN4O2.C2H6/c1-4-7-15(12-26)23-20-22-11-14-10-18(13(2)25(3)19(14)24-20)27-17-9-6-5-8-16(17)21;1-2/h5-6,8-11,15,26H,2,4,7,12H2,1,3H3,(H,22,23,24);1-2H3. The third-order valence-electron chi connectivity index (χ3n) is 4.34. The van der Waals surface area contributed by atoms with Crippen LogP contribution in [0.25, 0.3) is 6.08 Å². The van der Waals surface area contributed by atoms with Crippen LogP contribution in [0.5, 0.6) is 5.75 Å². The molecule has 1 atom stereocenters. The molecule has 7 heteroatoms. The Bertz CT molecular complexity index is 870. The van der Waals surface area contributed by atoms with Crippen LogP contribution in [0, 0.1) is 5.82 Å². The van der Waals surface area contributed by atoms with Gasteiger partial charge in [0, 0.05) is 18.8 Å². The number of likely N-dealkylation sites (N-methyl/N-ethyl adjacent to an activating group) is 1. The summed E-state index contributed by atoms with van der Waals surface area (Å²) in [6, 6.07) is 6.12. The molecule has 0 saturated heterocycles. The first kappa shape index (κ1) is 22.4. The highest BCUT2D eigenvalue weighted by atomic mass is 19.1. The highest BCUT2D eigenvalue weighted by Crippen LogP contribution is 2.33. The molecule has 0 spiro atoms. The minimum absolute atomic E-state index is 0.0113. The summed E-state index contributed by atoms with van der Waals surface area (Å²) in [7, 11) is 1.81. The van der Waals surface area contributed by atoms with Crippen molar-refractivity contribution in [2.45, 2.75) is 39.7 Å². The SMILES string of the molecule is C=C1C(Oc2ccccc2F)=Cc2cnc(NC(CO)CCC)nc2N1C.CC. The molecule has 6 nitrogen and oxygen atoms in total. The van der Waals surface area contributed by atoms with Crippen LogP contribution in [0.4, 0.5) is 16.2 Å². The van der Waals surface area contributed by atoms with Gasteiger partial charge in [0.25, 0.3) is 0 Å². The smallest absolute Gasteiger partial charge is 0.224 e. The highest BCUT2D eigenvalue weighted by Gasteiger charge is 2.24. The van der Waals surface area contributed by atoms with E-state index in [0.29, 0.717) is 23.2 Å². The molecule has 0 bridgehead atoms. The molecular formula is C22H29FN4O2. The van der Waals surface area contributed by atoms with E-state index < -0.39 is 5.82 Å². The van der Waals surface area contributed by atoms with Gasteiger partial charge in [-0.2, -0.15) is 4.98 Å². The molecule has 0 aliphatic carbocycles. The largest absolute Gasteiger partial charge is 0.452 e. The van der Waals surface area contributed by atoms with Gasteiger partial charge in [0.15, 0.2) is 17.3 Å². The van der Waals surface area contributed by atoms with E-state index in [1.807, 2.05) is 20.9 Å². The molecule has 29 heavy (non-hydrogen) atoms. The van der Waals surface area contributed by atoms with Gasteiger partial charge in [-0.05, 0) is 24.6 Å². The number of fused-ring (bicyclic) bond motifs is 1. The maximum atomic E-state index is 13.9. The number of aromatic nitrogens is 2. The van der Waals surface area contributed by atoms with Crippen LogP contribution >= 0.6 is 0 Å². The summed E-state index contributed by atoms with van der Waals surface area (Å²) < 4.78 is 19.6. The van der Waals surface area contributed by atoms with Gasteiger partial charge < -0.3 is 20.1 Å². The van der Waals surface area contributed by atoms with Gasteiger partial charge in [-0.3, -0.25) is 0 Å². The second-order valence-electron chi connectivity index (χ2n) is 6.33. The Labute approximate surface area is 171 Å². The zero-order valence-electron chi connectivity index (χ0n) is 17.4. The fourth-order valence-corrected chi connectivity index (χ4v) is 2.81. The number of nitrogens with one attached hydrogen (secondary N) is 1. The third kappa shape index (κ3) is 5.32. The Kier molecular flexibility index (Phi) is 8.15. The number of aliphatic hydroxyl groups excluding tert-OH is 1. The Hall–Kier alpha value is -2.93. The number of rotatable bonds is 7. The maximum absolute atomic E-state index is 13.9. The van der Waals surface area contributed by atoms with E-state index in [2.05, 4.69) is 28.8 Å². The summed E-state index contributed by atoms with van der Waals surface area (Å²) in [5.41, 5.74) is 1.29. The van der Waals surface area contributed by atoms with Gasteiger partial charge in [0.05, 0.1) is 18.3 Å². The van der Waals surface area contributed by atoms with Gasteiger partial charge >= 0.3 is 0 Å². The molecule has 1 aliphatic heterocycles. The molecule has 0 saturated carbocycles. The van der Waals surface area contributed by atoms with Crippen LogP contribution < -0.4 is 15.0 Å². The van der Waals surface area contributed by atoms with Crippen LogP contribution in [0.2, 0.25) is 0 Å². The van der Waals surface area contributed by atoms with Crippen molar-refractivity contribution in [1.82, 2.24) is 9.97 Å². The minimum atomic E-state index is -0.443. The lowest BCUT2D eigenvalue weighted by Gasteiger charge is -2.28. The van der Waals surface area contributed by atoms with Gasteiger partial charge in [0.1, 0.15) is 5.82 Å². The number of anilines is 2. The number of para-hydroxylation sites is 1. The first-order valence-electron chi connectivity index (χ1n) is 9.85. The summed E-state index contributed by atoms with van der Waals surface area (Å²) in [5.74, 6) is 1.21. The molecule has 156 valence electrons. The lowest BCUT2D eigenvalue weighted by atomic mass is 10.1. The van der Waals surface area contributed by atoms with Crippen molar-refractivity contribution in [3.8, 4) is 5.75 Å². The zero-order chi connectivity index (χ0) is 21.4. The Morgan fingerprint density at radius 1 is 1.31 bits per heavy atom. The molecule has 0 amide bonds. The van der Waals surface area contributed by atoms with Crippen molar-refractivity contribution >= 4 is 17.8 Å². The van der Waals surface area contributed by atoms with Crippen molar-refractivity contribution in [3.05, 3.63) is 59.9 Å². The van der Waals surface area contributed by atoms with Gasteiger partial charge in [0.2, 0.25) is 5.95 Å². The van der Waals surface area contributed by atoms with Crippen LogP contribution in [-0.4, -0.2) is 34.8 Å². The van der Waals surface area contributed by atoms with Crippen molar-refractivity contribution in [1.29, 1.82) is 0 Å². The number of nitrogens with zero attached hydrogens (tertiary/aromatic N) is 3. The zero-order valence-corrected chi connectivity index (χ0v) is 17.4. The molecule has 3 rings (SSSR count). The summed E-state index contributed by atoms with van der Waals surface area (Å²) in [5, 5.41) is 12.6. The Balaban J connectivity index is 0.00000145. The Morgan fingerprint density at radius 3 is 2.69 bits per heavy atom. The van der Waals surface area contributed by atoms with Crippen molar-refractivity contribution in [2.75, 3.05) is 23.9 Å². The second kappa shape index (κ2) is 10.6. The van der Waals surface area contributed by atoms with Gasteiger partial charge in [-0.1, -0.05) is 45.9 Å². The molecule has 2 heterocycles. The predicted octanol–water partition coefficient (Wildman–Crippen LogP) is 4.60. The van der Waals surface area contributed by atoms with E-state index in [-0.39, 0.29) is 18.4 Å². The van der Waals surface area contributed by atoms with E-state index in [4.69, 9.17) is 4.74 Å². The van der Waals surface area contributed by atoms with Crippen molar-refractivity contribution < 1.29 is 14.2 Å². The second-order valence-corrected chi connectivity index (χ2v) is 6.33. The quantitative estimate of drug-likeness (QED) is 0.708. The van der Waals surface area contributed by atoms with Crippen LogP contribution in [0.1, 0.15) is 39.2 Å². The molecule has 1 aromatic carbocycles. The molecule has 2 N–H and O–H groups in total. The number of hydrogen-bond acceptors (Lipinski definition) is 6. The Morgan fingerprint density at radius 2 is 2.03 bits per heavy atom. The molecule has 2 aromatic rings. The van der Waals surface area contributed by atoms with E-state index in [1.54, 1.807) is 35.4 Å². The lowest BCUT2D eigenvalue weighted by molar-refractivity contribution is 0.268. The van der Waals surface area contributed by atoms with E-state index in [9.17, 15) is 9.50 Å². The van der Waals surface area contributed by atoms with E-state index in [0.717, 1.165) is 18.4 Å². The number of halogens is 1. The highest BCUT2D eigenvalue weighted by molar-refractivity contribution is 5.75. The fourth-order valence-electron chi connectivity index (χ4n) is 2.81. The monoisotopic (exact) mass is 400 g/mol. The average Bonchev–Trinajstić information content (AvgIpc) is 2.75. The third-order valence-corrected chi connectivity index (χ3v) is 4.34. The number of ether oxygens (including phenoxy) is 1. The van der Waals surface area contributed by atoms with Gasteiger partial charge in [-0.25, -0.2) is 9.37 Å². The number of aliphatic hydroxyl groups is 1. The summed E-state index contributed by atoms with van der Waals surface area (Å²) >= 11 is 0. The number of benzene rings is 1. The molecule has 1 aliphatic rings. The first-order valence-corrected chi connectivity index (χ1v) is 9.85. The summed E-state index contributed by atoms with van der Waals surface area (Å²) in [6.07, 6.45) is 5.17. The normalized spacial score (nSPS) is 13.7. The summed E-state index contributed by atoms with van der Waals surface area (Å²) in [4.78, 5) is 10.6. The minimum Gasteiger partial charge on any atom is -0.452 e. The van der Waals surface area contributed by atoms with Gasteiger partial charge in [-0.15, -0.1) is 0 Å². The van der Waals surface area contributed by atoms with Crippen molar-refractivity contribution in [3.63, 3.8) is 0 Å². The average molecular weight is 400 g/mol. The molecular weight excluding hydrogens is 371 g/mol. The van der Waals surface area contributed by atoms with E-state index >= 15 is 0 Å².